The van der Waals surface area contributed by atoms with E-state index in [9.17, 15) is 10.1 Å². The zero-order valence-electron chi connectivity index (χ0n) is 13.9. The van der Waals surface area contributed by atoms with Crippen molar-refractivity contribution in [2.45, 2.75) is 13.5 Å². The van der Waals surface area contributed by atoms with Crippen LogP contribution in [0.1, 0.15) is 11.1 Å². The predicted octanol–water partition coefficient (Wildman–Crippen LogP) is 4.81. The van der Waals surface area contributed by atoms with E-state index in [0.29, 0.717) is 12.2 Å². The second-order valence-corrected chi connectivity index (χ2v) is 6.56. The lowest BCUT2D eigenvalue weighted by Gasteiger charge is -2.10. The summed E-state index contributed by atoms with van der Waals surface area (Å²) in [7, 11) is 0. The van der Waals surface area contributed by atoms with E-state index < -0.39 is 4.92 Å². The number of hydrogen-bond donors (Lipinski definition) is 2. The Morgan fingerprint density at radius 2 is 1.69 bits per heavy atom. The van der Waals surface area contributed by atoms with Gasteiger partial charge < -0.3 is 10.6 Å². The van der Waals surface area contributed by atoms with Crippen molar-refractivity contribution in [2.75, 3.05) is 10.6 Å². The minimum atomic E-state index is -0.487. The molecular weight excluding hydrogens is 398 g/mol. The van der Waals surface area contributed by atoms with Gasteiger partial charge in [-0.1, -0.05) is 45.8 Å². The van der Waals surface area contributed by atoms with E-state index in [1.54, 1.807) is 12.1 Å². The molecule has 2 N–H and O–H groups in total. The van der Waals surface area contributed by atoms with E-state index in [0.717, 1.165) is 15.6 Å². The molecule has 3 aromatic rings. The van der Waals surface area contributed by atoms with Gasteiger partial charge in [-0.15, -0.1) is 0 Å². The van der Waals surface area contributed by atoms with Crippen molar-refractivity contribution in [1.29, 1.82) is 0 Å². The van der Waals surface area contributed by atoms with Gasteiger partial charge >= 0.3 is 5.69 Å². The maximum atomic E-state index is 11.6. The third-order valence-corrected chi connectivity index (χ3v) is 4.22. The first kappa shape index (κ1) is 17.8. The van der Waals surface area contributed by atoms with Crippen LogP contribution >= 0.6 is 15.9 Å². The lowest BCUT2D eigenvalue weighted by atomic mass is 10.1. The van der Waals surface area contributed by atoms with Crippen molar-refractivity contribution in [1.82, 2.24) is 9.97 Å². The fraction of sp³-hybridized carbons (Fsp3) is 0.111. The number of nitrogens with zero attached hydrogens (tertiary/aromatic N) is 3. The highest BCUT2D eigenvalue weighted by Gasteiger charge is 2.23. The molecule has 0 aliphatic heterocycles. The summed E-state index contributed by atoms with van der Waals surface area (Å²) in [5, 5.41) is 17.6. The summed E-state index contributed by atoms with van der Waals surface area (Å²) in [5.41, 5.74) is 2.66. The van der Waals surface area contributed by atoms with Crippen molar-refractivity contribution < 1.29 is 4.92 Å². The molecule has 132 valence electrons. The molecule has 1 heterocycles. The van der Waals surface area contributed by atoms with Crippen LogP contribution < -0.4 is 10.6 Å². The van der Waals surface area contributed by atoms with Gasteiger partial charge in [0.15, 0.2) is 0 Å². The van der Waals surface area contributed by atoms with E-state index >= 15 is 0 Å². The van der Waals surface area contributed by atoms with Crippen molar-refractivity contribution in [3.05, 3.63) is 80.6 Å². The summed E-state index contributed by atoms with van der Waals surface area (Å²) in [5.74, 6) is 0.309. The maximum Gasteiger partial charge on any atom is 0.353 e. The summed E-state index contributed by atoms with van der Waals surface area (Å²) in [4.78, 5) is 19.2. The quantitative estimate of drug-likeness (QED) is 0.444. The number of halogens is 1. The molecule has 3 rings (SSSR count). The first-order chi connectivity index (χ1) is 12.5. The summed E-state index contributed by atoms with van der Waals surface area (Å²) >= 11 is 3.36. The molecule has 0 unspecified atom stereocenters. The van der Waals surface area contributed by atoms with E-state index in [2.05, 4.69) is 36.5 Å². The van der Waals surface area contributed by atoms with Gasteiger partial charge in [-0.05, 0) is 36.8 Å². The number of nitro groups is 1. The molecule has 0 saturated heterocycles. The van der Waals surface area contributed by atoms with Crippen molar-refractivity contribution in [3.63, 3.8) is 0 Å². The number of aryl methyl sites for hydroxylation is 1. The Bertz CT molecular complexity index is 914. The summed E-state index contributed by atoms with van der Waals surface area (Å²) in [6.45, 7) is 2.43. The largest absolute Gasteiger partial charge is 0.360 e. The monoisotopic (exact) mass is 413 g/mol. The molecule has 26 heavy (non-hydrogen) atoms. The minimum Gasteiger partial charge on any atom is -0.360 e. The van der Waals surface area contributed by atoms with Gasteiger partial charge in [0.1, 0.15) is 6.33 Å². The Labute approximate surface area is 158 Å². The molecule has 0 radical (unpaired) electrons. The van der Waals surface area contributed by atoms with Crippen LogP contribution in [-0.4, -0.2) is 14.9 Å². The second-order valence-electron chi connectivity index (χ2n) is 5.65. The zero-order chi connectivity index (χ0) is 18.5. The first-order valence-corrected chi connectivity index (χ1v) is 8.63. The molecule has 8 heteroatoms. The van der Waals surface area contributed by atoms with Gasteiger partial charge in [0.25, 0.3) is 0 Å². The van der Waals surface area contributed by atoms with E-state index in [1.165, 1.54) is 6.33 Å². The highest BCUT2D eigenvalue weighted by Crippen LogP contribution is 2.31. The van der Waals surface area contributed by atoms with Crippen molar-refractivity contribution in [2.24, 2.45) is 0 Å². The van der Waals surface area contributed by atoms with E-state index in [4.69, 9.17) is 0 Å². The molecule has 1 aromatic heterocycles. The van der Waals surface area contributed by atoms with E-state index in [-0.39, 0.29) is 17.3 Å². The van der Waals surface area contributed by atoms with Gasteiger partial charge in [-0.2, -0.15) is 0 Å². The lowest BCUT2D eigenvalue weighted by molar-refractivity contribution is -0.383. The third-order valence-electron chi connectivity index (χ3n) is 3.69. The molecular formula is C18H16BrN5O2. The van der Waals surface area contributed by atoms with Crippen LogP contribution in [0.25, 0.3) is 0 Å². The maximum absolute atomic E-state index is 11.6. The molecule has 2 aromatic carbocycles. The van der Waals surface area contributed by atoms with Gasteiger partial charge in [0.2, 0.25) is 11.6 Å². The zero-order valence-corrected chi connectivity index (χ0v) is 15.5. The smallest absolute Gasteiger partial charge is 0.353 e. The van der Waals surface area contributed by atoms with Crippen LogP contribution in [-0.2, 0) is 6.54 Å². The highest BCUT2D eigenvalue weighted by atomic mass is 79.9. The average molecular weight is 414 g/mol. The average Bonchev–Trinajstić information content (AvgIpc) is 2.63. The molecule has 0 amide bonds. The predicted molar refractivity (Wildman–Crippen MR) is 105 cm³/mol. The number of rotatable bonds is 6. The number of anilines is 3. The molecule has 0 fully saturated rings. The van der Waals surface area contributed by atoms with Gasteiger partial charge in [-0.3, -0.25) is 10.1 Å². The number of nitrogens with one attached hydrogen (secondary N) is 2. The number of benzene rings is 2. The molecule has 0 bridgehead atoms. The van der Waals surface area contributed by atoms with Gasteiger partial charge in [-0.25, -0.2) is 9.97 Å². The molecule has 0 spiro atoms. The Hall–Kier alpha value is -3.00. The second kappa shape index (κ2) is 7.92. The highest BCUT2D eigenvalue weighted by molar-refractivity contribution is 9.10. The Morgan fingerprint density at radius 3 is 2.35 bits per heavy atom. The fourth-order valence-corrected chi connectivity index (χ4v) is 2.60. The minimum absolute atomic E-state index is 0.138. The Morgan fingerprint density at radius 1 is 1.04 bits per heavy atom. The molecule has 7 nitrogen and oxygen atoms in total. The van der Waals surface area contributed by atoms with Crippen LogP contribution in [0.15, 0.2) is 59.3 Å². The van der Waals surface area contributed by atoms with Crippen LogP contribution in [0, 0.1) is 17.0 Å². The van der Waals surface area contributed by atoms with Gasteiger partial charge in [0, 0.05) is 16.7 Å². The van der Waals surface area contributed by atoms with Crippen molar-refractivity contribution in [3.8, 4) is 0 Å². The first-order valence-electron chi connectivity index (χ1n) is 7.84. The van der Waals surface area contributed by atoms with Crippen LogP contribution in [0.2, 0.25) is 0 Å². The summed E-state index contributed by atoms with van der Waals surface area (Å²) in [6.07, 6.45) is 1.30. The normalized spacial score (nSPS) is 10.4. The SMILES string of the molecule is Cc1ccc(CNc2ncnc(Nc3ccc(Br)cc3)c2[N+](=O)[O-])cc1. The summed E-state index contributed by atoms with van der Waals surface area (Å²) in [6, 6.07) is 15.2. The van der Waals surface area contributed by atoms with Crippen molar-refractivity contribution >= 4 is 38.9 Å². The molecule has 0 aliphatic carbocycles. The fourth-order valence-electron chi connectivity index (χ4n) is 2.33. The van der Waals surface area contributed by atoms with Gasteiger partial charge in [0.05, 0.1) is 4.92 Å². The Balaban J connectivity index is 1.84. The molecule has 0 atom stereocenters. The topological polar surface area (TPSA) is 93.0 Å². The molecule has 0 aliphatic rings. The van der Waals surface area contributed by atoms with E-state index in [1.807, 2.05) is 43.3 Å². The summed E-state index contributed by atoms with van der Waals surface area (Å²) < 4.78 is 0.917. The number of aromatic nitrogens is 2. The number of hydrogen-bond acceptors (Lipinski definition) is 6. The van der Waals surface area contributed by atoms with Crippen LogP contribution in [0.3, 0.4) is 0 Å². The Kier molecular flexibility index (Phi) is 5.43. The lowest BCUT2D eigenvalue weighted by Crippen LogP contribution is -2.08. The third kappa shape index (κ3) is 4.34. The van der Waals surface area contributed by atoms with Crippen LogP contribution in [0.5, 0.6) is 0 Å². The molecule has 0 saturated carbocycles. The van der Waals surface area contributed by atoms with Crippen LogP contribution in [0.4, 0.5) is 23.0 Å². The standard InChI is InChI=1S/C18H16BrN5O2/c1-12-2-4-13(5-3-12)10-20-17-16(24(25)26)18(22-11-21-17)23-15-8-6-14(19)7-9-15/h2-9,11H,10H2,1H3,(H2,20,21,22,23).